The first-order valence-electron chi connectivity index (χ1n) is 9.80. The molecule has 1 spiro atoms. The van der Waals surface area contributed by atoms with Crippen molar-refractivity contribution in [2.24, 2.45) is 11.8 Å². The molecule has 3 aliphatic rings. The minimum Gasteiger partial charge on any atom is -0.371 e. The van der Waals surface area contributed by atoms with Gasteiger partial charge in [-0.05, 0) is 55.7 Å². The van der Waals surface area contributed by atoms with Gasteiger partial charge in [-0.1, -0.05) is 6.07 Å². The number of nitrogens with zero attached hydrogens (tertiary/aromatic N) is 2. The molecule has 3 fully saturated rings. The maximum absolute atomic E-state index is 12.7. The fourth-order valence-electron chi connectivity index (χ4n) is 4.23. The average Bonchev–Trinajstić information content (AvgIpc) is 3.36. The lowest BCUT2D eigenvalue weighted by molar-refractivity contribution is -0.123. The summed E-state index contributed by atoms with van der Waals surface area (Å²) in [7, 11) is 0. The van der Waals surface area contributed by atoms with Crippen LogP contribution in [0.15, 0.2) is 24.3 Å². The highest BCUT2D eigenvalue weighted by Gasteiger charge is 2.54. The fraction of sp³-hybridized carbons (Fsp3) is 0.571. The van der Waals surface area contributed by atoms with Crippen molar-refractivity contribution in [3.05, 3.63) is 35.4 Å². The number of nitriles is 1. The zero-order valence-corrected chi connectivity index (χ0v) is 15.4. The van der Waals surface area contributed by atoms with Crippen LogP contribution in [0.4, 0.5) is 0 Å². The summed E-state index contributed by atoms with van der Waals surface area (Å²) in [5, 5.41) is 12.0. The summed E-state index contributed by atoms with van der Waals surface area (Å²) in [5.41, 5.74) is 0.780. The van der Waals surface area contributed by atoms with Crippen LogP contribution >= 0.6 is 0 Å². The number of ether oxygens (including phenoxy) is 1. The molecule has 1 aromatic rings. The molecule has 2 aliphatic heterocycles. The van der Waals surface area contributed by atoms with E-state index in [1.54, 1.807) is 29.2 Å². The Morgan fingerprint density at radius 2 is 2.11 bits per heavy atom. The van der Waals surface area contributed by atoms with Gasteiger partial charge in [0.2, 0.25) is 5.91 Å². The lowest BCUT2D eigenvalue weighted by atomic mass is 9.78. The van der Waals surface area contributed by atoms with Crippen molar-refractivity contribution in [2.75, 3.05) is 26.2 Å². The third-order valence-corrected chi connectivity index (χ3v) is 6.03. The highest BCUT2D eigenvalue weighted by atomic mass is 16.5. The summed E-state index contributed by atoms with van der Waals surface area (Å²) < 4.78 is 6.02. The van der Waals surface area contributed by atoms with E-state index in [9.17, 15) is 9.59 Å². The Balaban J connectivity index is 1.28. The SMILES string of the molecule is N#Cc1cccc(C(=O)N2CC3(C2)OCC[C@H]3CCNC(=O)CC2CC2)c1. The summed E-state index contributed by atoms with van der Waals surface area (Å²) in [6.07, 6.45) is 4.91. The molecule has 2 saturated heterocycles. The lowest BCUT2D eigenvalue weighted by Gasteiger charge is -2.50. The van der Waals surface area contributed by atoms with Crippen molar-refractivity contribution in [1.82, 2.24) is 10.2 Å². The first-order valence-corrected chi connectivity index (χ1v) is 9.80. The highest BCUT2D eigenvalue weighted by molar-refractivity contribution is 5.95. The van der Waals surface area contributed by atoms with E-state index in [2.05, 4.69) is 11.4 Å². The summed E-state index contributed by atoms with van der Waals surface area (Å²) in [5.74, 6) is 1.09. The second kappa shape index (κ2) is 7.32. The van der Waals surface area contributed by atoms with E-state index in [-0.39, 0.29) is 17.4 Å². The van der Waals surface area contributed by atoms with Crippen LogP contribution in [0.5, 0.6) is 0 Å². The van der Waals surface area contributed by atoms with E-state index in [1.807, 2.05) is 0 Å². The number of carbonyl (C=O) groups excluding carboxylic acids is 2. The quantitative estimate of drug-likeness (QED) is 0.835. The molecule has 0 radical (unpaired) electrons. The molecular weight excluding hydrogens is 342 g/mol. The monoisotopic (exact) mass is 367 g/mol. The van der Waals surface area contributed by atoms with Crippen molar-refractivity contribution in [1.29, 1.82) is 5.26 Å². The van der Waals surface area contributed by atoms with Gasteiger partial charge in [0.25, 0.3) is 5.91 Å². The third kappa shape index (κ3) is 3.84. The maximum atomic E-state index is 12.7. The predicted molar refractivity (Wildman–Crippen MR) is 98.8 cm³/mol. The van der Waals surface area contributed by atoms with Crippen LogP contribution in [0.25, 0.3) is 0 Å². The van der Waals surface area contributed by atoms with Crippen molar-refractivity contribution in [3.8, 4) is 6.07 Å². The summed E-state index contributed by atoms with van der Waals surface area (Å²) in [6, 6.07) is 8.89. The normalized spacial score (nSPS) is 22.9. The van der Waals surface area contributed by atoms with Gasteiger partial charge in [0, 0.05) is 25.1 Å². The van der Waals surface area contributed by atoms with Gasteiger partial charge in [0.05, 0.1) is 24.7 Å². The van der Waals surface area contributed by atoms with Gasteiger partial charge in [0.1, 0.15) is 5.60 Å². The van der Waals surface area contributed by atoms with Crippen LogP contribution in [0.1, 0.15) is 48.0 Å². The Labute approximate surface area is 159 Å². The molecule has 1 N–H and O–H groups in total. The Hall–Kier alpha value is -2.39. The first kappa shape index (κ1) is 18.0. The van der Waals surface area contributed by atoms with E-state index >= 15 is 0 Å². The zero-order chi connectivity index (χ0) is 18.9. The molecule has 0 aromatic heterocycles. The Morgan fingerprint density at radius 1 is 1.30 bits per heavy atom. The number of hydrogen-bond donors (Lipinski definition) is 1. The predicted octanol–water partition coefficient (Wildman–Crippen LogP) is 2.10. The van der Waals surface area contributed by atoms with E-state index in [1.165, 1.54) is 12.8 Å². The smallest absolute Gasteiger partial charge is 0.254 e. The third-order valence-electron chi connectivity index (χ3n) is 6.03. The highest BCUT2D eigenvalue weighted by Crippen LogP contribution is 2.42. The average molecular weight is 367 g/mol. The molecule has 0 unspecified atom stereocenters. The minimum absolute atomic E-state index is 0.0512. The molecule has 0 bridgehead atoms. The fourth-order valence-corrected chi connectivity index (χ4v) is 4.23. The maximum Gasteiger partial charge on any atom is 0.254 e. The van der Waals surface area contributed by atoms with Gasteiger partial charge in [0.15, 0.2) is 0 Å². The zero-order valence-electron chi connectivity index (χ0n) is 15.4. The van der Waals surface area contributed by atoms with Gasteiger partial charge in [-0.25, -0.2) is 0 Å². The van der Waals surface area contributed by atoms with Crippen LogP contribution in [0, 0.1) is 23.2 Å². The molecule has 142 valence electrons. The van der Waals surface area contributed by atoms with E-state index in [0.717, 1.165) is 12.8 Å². The van der Waals surface area contributed by atoms with Crippen molar-refractivity contribution >= 4 is 11.8 Å². The van der Waals surface area contributed by atoms with E-state index in [0.29, 0.717) is 55.6 Å². The van der Waals surface area contributed by atoms with Crippen LogP contribution < -0.4 is 5.32 Å². The minimum atomic E-state index is -0.260. The Bertz CT molecular complexity index is 775. The molecule has 1 aliphatic carbocycles. The molecule has 2 amide bonds. The van der Waals surface area contributed by atoms with Crippen LogP contribution in [0.2, 0.25) is 0 Å². The summed E-state index contributed by atoms with van der Waals surface area (Å²) >= 11 is 0. The number of amides is 2. The van der Waals surface area contributed by atoms with Gasteiger partial charge >= 0.3 is 0 Å². The van der Waals surface area contributed by atoms with Crippen molar-refractivity contribution in [2.45, 2.75) is 37.7 Å². The van der Waals surface area contributed by atoms with Gasteiger partial charge in [-0.2, -0.15) is 5.26 Å². The molecule has 1 aromatic carbocycles. The summed E-state index contributed by atoms with van der Waals surface area (Å²) in [6.45, 7) is 2.57. The standard InChI is InChI=1S/C21H25N3O3/c22-12-16-2-1-3-17(10-16)20(26)24-13-21(14-24)18(7-9-27-21)6-8-23-19(25)11-15-4-5-15/h1-3,10,15,18H,4-9,11,13-14H2,(H,23,25)/t18-/m1/s1. The molecule has 2 heterocycles. The van der Waals surface area contributed by atoms with Crippen LogP contribution in [-0.4, -0.2) is 48.6 Å². The Kier molecular flexibility index (Phi) is 4.88. The number of rotatable bonds is 6. The lowest BCUT2D eigenvalue weighted by Crippen LogP contribution is -2.66. The van der Waals surface area contributed by atoms with Crippen LogP contribution in [-0.2, 0) is 9.53 Å². The number of nitrogens with one attached hydrogen (secondary N) is 1. The second-order valence-corrected chi connectivity index (χ2v) is 8.04. The molecule has 4 rings (SSSR count). The molecule has 6 nitrogen and oxygen atoms in total. The molecule has 1 saturated carbocycles. The van der Waals surface area contributed by atoms with Crippen LogP contribution in [0.3, 0.4) is 0 Å². The molecule has 1 atom stereocenters. The van der Waals surface area contributed by atoms with Gasteiger partial charge in [-0.15, -0.1) is 0 Å². The molecular formula is C21H25N3O3. The van der Waals surface area contributed by atoms with Gasteiger partial charge < -0.3 is 15.0 Å². The number of carbonyl (C=O) groups is 2. The number of benzene rings is 1. The van der Waals surface area contributed by atoms with E-state index < -0.39 is 0 Å². The first-order chi connectivity index (χ1) is 13.1. The summed E-state index contributed by atoms with van der Waals surface area (Å²) in [4.78, 5) is 26.3. The van der Waals surface area contributed by atoms with E-state index in [4.69, 9.17) is 10.00 Å². The Morgan fingerprint density at radius 3 is 2.85 bits per heavy atom. The number of hydrogen-bond acceptors (Lipinski definition) is 4. The van der Waals surface area contributed by atoms with Crippen molar-refractivity contribution < 1.29 is 14.3 Å². The topological polar surface area (TPSA) is 82.4 Å². The molecule has 27 heavy (non-hydrogen) atoms. The van der Waals surface area contributed by atoms with Crippen molar-refractivity contribution in [3.63, 3.8) is 0 Å². The number of likely N-dealkylation sites (tertiary alicyclic amines) is 1. The second-order valence-electron chi connectivity index (χ2n) is 8.04. The molecule has 6 heteroatoms. The van der Waals surface area contributed by atoms with Gasteiger partial charge in [-0.3, -0.25) is 9.59 Å². The largest absolute Gasteiger partial charge is 0.371 e.